The van der Waals surface area contributed by atoms with E-state index in [1.54, 1.807) is 6.07 Å². The second-order valence-corrected chi connectivity index (χ2v) is 22.4. The van der Waals surface area contributed by atoms with Crippen molar-refractivity contribution in [3.8, 4) is 23.0 Å². The molecule has 2 spiro atoms. The molecule has 4 heterocycles. The number of Topliss-reactive ketones (excluding diaryl/α,β-unsaturated/α-hetero) is 2. The monoisotopic (exact) mass is 977 g/mol. The molecule has 4 bridgehead atoms. The summed E-state index contributed by atoms with van der Waals surface area (Å²) in [6, 6.07) is 7.59. The van der Waals surface area contributed by atoms with Crippen molar-refractivity contribution in [3.63, 3.8) is 0 Å². The number of ether oxygens (including phenoxy) is 3. The van der Waals surface area contributed by atoms with Crippen LogP contribution in [0.4, 0.5) is 0 Å². The predicted octanol–water partition coefficient (Wildman–Crippen LogP) is 3.39. The van der Waals surface area contributed by atoms with Crippen LogP contribution in [0, 0.1) is 11.8 Å². The molecular formula is C55H73N2NaO12. The van der Waals surface area contributed by atoms with E-state index in [0.29, 0.717) is 68.4 Å². The standard InChI is InChI=1S/C35H51NO5.C19H21NO4.CH2O3.Na/c1-2-3-4-5-6-7-8-9-10-11-12-13-14-15-30(38)40-28-19-18-26-22-29-35(39)21-20-27(37)33-34(35,31(26)32(28)41-33)24-36(29)23-25-16-17-25;21-12-4-3-11-7-14-19(23)6-5-13(22)17-18(19,15(11)16(12)24-17)9-20(14)8-10-1-2-10;2-1-4-3;/h18-19,25,29,33,39H,2-17,20-24H2,1H3;3-4,10,14,17,21,23H,1-2,5-9H2;1,3H;/q;;;+1/p-1/t29-,33?,34+,35-;14-,17?,18+,19-;;/m11../s1. The van der Waals surface area contributed by atoms with E-state index in [-0.39, 0.29) is 71.4 Å². The molecule has 15 heteroatoms. The maximum atomic E-state index is 13.2. The Balaban J connectivity index is 0.000000176. The third-order valence-electron chi connectivity index (χ3n) is 18.2. The molecule has 10 aliphatic rings. The van der Waals surface area contributed by atoms with Gasteiger partial charge in [0, 0.05) is 68.7 Å². The molecule has 4 saturated carbocycles. The van der Waals surface area contributed by atoms with Crippen LogP contribution in [0.3, 0.4) is 0 Å². The molecule has 4 aliphatic heterocycles. The van der Waals surface area contributed by atoms with Crippen molar-refractivity contribution in [2.45, 2.75) is 207 Å². The number of aromatic hydroxyl groups is 1. The zero-order valence-electron chi connectivity index (χ0n) is 41.6. The van der Waals surface area contributed by atoms with E-state index in [1.807, 2.05) is 18.2 Å². The van der Waals surface area contributed by atoms with Crippen LogP contribution in [0.15, 0.2) is 24.3 Å². The first-order valence-electron chi connectivity index (χ1n) is 26.7. The van der Waals surface area contributed by atoms with Gasteiger partial charge in [0.05, 0.1) is 22.0 Å². The second kappa shape index (κ2) is 21.0. The van der Waals surface area contributed by atoms with Gasteiger partial charge in [-0.25, -0.2) is 0 Å². The molecule has 2 aromatic carbocycles. The van der Waals surface area contributed by atoms with E-state index >= 15 is 0 Å². The maximum Gasteiger partial charge on any atom is 1.00 e. The first-order chi connectivity index (χ1) is 33.4. The number of esters is 1. The van der Waals surface area contributed by atoms with Gasteiger partial charge in [0.15, 0.2) is 46.8 Å². The van der Waals surface area contributed by atoms with Gasteiger partial charge in [-0.05, 0) is 92.9 Å². The van der Waals surface area contributed by atoms with Gasteiger partial charge in [0.25, 0.3) is 6.47 Å². The molecule has 70 heavy (non-hydrogen) atoms. The van der Waals surface area contributed by atoms with Crippen molar-refractivity contribution in [3.05, 3.63) is 46.5 Å². The van der Waals surface area contributed by atoms with Crippen molar-refractivity contribution in [1.29, 1.82) is 0 Å². The van der Waals surface area contributed by atoms with Gasteiger partial charge in [0.2, 0.25) is 0 Å². The Hall–Kier alpha value is -3.08. The van der Waals surface area contributed by atoms with Crippen LogP contribution in [0.1, 0.15) is 170 Å². The van der Waals surface area contributed by atoms with Crippen LogP contribution in [0.2, 0.25) is 0 Å². The second-order valence-electron chi connectivity index (χ2n) is 22.4. The van der Waals surface area contributed by atoms with Gasteiger partial charge < -0.3 is 39.7 Å². The SMILES string of the molecule is CCCCCCCCCCCCCCCC(=O)Oc1ccc2c3c1OC1C(=O)CC[C@@]4(O)[C@@H](C2)N(CC2CC2)C[C@]314.O=C1CC[C@@]2(O)[C@H]3Cc4ccc(O)c5c4[C@@]2(CN3CC2CC2)C1O5.O=CO[O-].[Na+]. The number of benzene rings is 2. The quantitative estimate of drug-likeness (QED) is 0.0333. The van der Waals surface area contributed by atoms with Gasteiger partial charge >= 0.3 is 35.5 Å². The van der Waals surface area contributed by atoms with Crippen LogP contribution >= 0.6 is 0 Å². The summed E-state index contributed by atoms with van der Waals surface area (Å²) < 4.78 is 18.3. The van der Waals surface area contributed by atoms with E-state index in [0.717, 1.165) is 66.9 Å². The fourth-order valence-electron chi connectivity index (χ4n) is 14.6. The fraction of sp³-hybridized carbons (Fsp3) is 0.709. The number of hydrogen-bond acceptors (Lipinski definition) is 14. The molecule has 0 amide bonds. The Bertz CT molecular complexity index is 2290. The number of nitrogens with zero attached hydrogens (tertiary/aromatic N) is 2. The zero-order valence-corrected chi connectivity index (χ0v) is 43.6. The number of aliphatic hydroxyl groups is 2. The normalized spacial score (nSPS) is 32.0. The summed E-state index contributed by atoms with van der Waals surface area (Å²) in [5.41, 5.74) is 0.791. The van der Waals surface area contributed by atoms with Gasteiger partial charge in [-0.3, -0.25) is 29.0 Å². The van der Waals surface area contributed by atoms with Crippen molar-refractivity contribution < 1.29 is 88.4 Å². The van der Waals surface area contributed by atoms with Gasteiger partial charge in [-0.15, -0.1) is 0 Å². The van der Waals surface area contributed by atoms with Crippen LogP contribution in [0.5, 0.6) is 23.0 Å². The van der Waals surface area contributed by atoms with Gasteiger partial charge in [-0.1, -0.05) is 96.1 Å². The smallest absolute Gasteiger partial charge is 0.662 e. The number of rotatable bonds is 20. The molecule has 14 nitrogen and oxygen atoms in total. The minimum absolute atomic E-state index is 0. The minimum Gasteiger partial charge on any atom is -0.662 e. The van der Waals surface area contributed by atoms with Crippen LogP contribution in [-0.4, -0.2) is 111 Å². The number of phenols is 1. The van der Waals surface area contributed by atoms with Crippen molar-refractivity contribution in [2.24, 2.45) is 11.8 Å². The summed E-state index contributed by atoms with van der Waals surface area (Å²) in [6.07, 6.45) is 23.8. The fourth-order valence-corrected chi connectivity index (χ4v) is 14.6. The molecule has 2 unspecified atom stereocenters. The summed E-state index contributed by atoms with van der Waals surface area (Å²) in [5, 5.41) is 42.7. The third kappa shape index (κ3) is 8.87. The average molecular weight is 977 g/mol. The molecule has 0 aromatic heterocycles. The van der Waals surface area contributed by atoms with E-state index < -0.39 is 34.2 Å². The summed E-state index contributed by atoms with van der Waals surface area (Å²) >= 11 is 0. The first-order valence-corrected chi connectivity index (χ1v) is 26.7. The average Bonchev–Trinajstić information content (AvgIpc) is 4.26. The summed E-state index contributed by atoms with van der Waals surface area (Å²) in [5.74, 6) is 2.81. The van der Waals surface area contributed by atoms with Crippen molar-refractivity contribution in [2.75, 3.05) is 26.2 Å². The van der Waals surface area contributed by atoms with Gasteiger partial charge in [0.1, 0.15) is 0 Å². The number of carbonyl (C=O) groups is 4. The molecule has 376 valence electrons. The van der Waals surface area contributed by atoms with Crippen LogP contribution in [0.25, 0.3) is 0 Å². The van der Waals surface area contributed by atoms with E-state index in [2.05, 4.69) is 21.6 Å². The molecule has 6 fully saturated rings. The number of likely N-dealkylation sites (tertiary alicyclic amines) is 2. The number of carbonyl (C=O) groups excluding carboxylic acids is 4. The van der Waals surface area contributed by atoms with Crippen LogP contribution in [-0.2, 0) is 47.7 Å². The molecule has 2 aromatic rings. The molecular weight excluding hydrogens is 904 g/mol. The number of ketones is 2. The van der Waals surface area contributed by atoms with Gasteiger partial charge in [-0.2, -0.15) is 0 Å². The Morgan fingerprint density at radius 3 is 1.63 bits per heavy atom. The van der Waals surface area contributed by atoms with Crippen LogP contribution < -0.4 is 49.0 Å². The third-order valence-corrected chi connectivity index (χ3v) is 18.2. The maximum absolute atomic E-state index is 13.2. The number of hydrogen-bond donors (Lipinski definition) is 3. The summed E-state index contributed by atoms with van der Waals surface area (Å²) in [4.78, 5) is 54.8. The number of unbranched alkanes of at least 4 members (excludes halogenated alkanes) is 12. The molecule has 3 N–H and O–H groups in total. The Morgan fingerprint density at radius 2 is 1.16 bits per heavy atom. The Morgan fingerprint density at radius 1 is 0.714 bits per heavy atom. The van der Waals surface area contributed by atoms with Crippen molar-refractivity contribution in [1.82, 2.24) is 9.80 Å². The Kier molecular flexibility index (Phi) is 15.6. The summed E-state index contributed by atoms with van der Waals surface area (Å²) in [7, 11) is 0. The summed E-state index contributed by atoms with van der Waals surface area (Å²) in [6.45, 7) is 5.40. The number of phenolic OH excluding ortho intramolecular Hbond substituents is 1. The first kappa shape index (κ1) is 51.8. The van der Waals surface area contributed by atoms with E-state index in [9.17, 15) is 29.7 Å². The molecule has 8 atom stereocenters. The predicted molar refractivity (Wildman–Crippen MR) is 252 cm³/mol. The topological polar surface area (TPSA) is 195 Å². The molecule has 2 saturated heterocycles. The minimum atomic E-state index is -0.976. The molecule has 12 rings (SSSR count). The molecule has 6 aliphatic carbocycles. The zero-order chi connectivity index (χ0) is 48.1. The Labute approximate surface area is 434 Å². The van der Waals surface area contributed by atoms with E-state index in [4.69, 9.17) is 24.3 Å². The molecule has 0 radical (unpaired) electrons. The van der Waals surface area contributed by atoms with Crippen molar-refractivity contribution >= 4 is 24.0 Å². The largest absolute Gasteiger partial charge is 1.00 e. The van der Waals surface area contributed by atoms with E-state index in [1.165, 1.54) is 96.3 Å².